The highest BCUT2D eigenvalue weighted by Gasteiger charge is 2.31. The predicted molar refractivity (Wildman–Crippen MR) is 113 cm³/mol. The number of amides is 1. The Kier molecular flexibility index (Phi) is 5.14. The number of thiophene rings is 1. The Hall–Kier alpha value is -3.31. The topological polar surface area (TPSA) is 86.8 Å². The van der Waals surface area contributed by atoms with Crippen LogP contribution in [-0.2, 0) is 25.7 Å². The maximum absolute atomic E-state index is 12.9. The lowest BCUT2D eigenvalue weighted by molar-refractivity contribution is -0.137. The molecule has 0 aliphatic carbocycles. The third kappa shape index (κ3) is 4.08. The second kappa shape index (κ2) is 7.99. The first-order chi connectivity index (χ1) is 15.4. The van der Waals surface area contributed by atoms with E-state index in [1.54, 1.807) is 11.6 Å². The van der Waals surface area contributed by atoms with Crippen molar-refractivity contribution < 1.29 is 18.0 Å². The fourth-order valence-electron chi connectivity index (χ4n) is 3.80. The van der Waals surface area contributed by atoms with Crippen LogP contribution in [0.2, 0.25) is 0 Å². The first kappa shape index (κ1) is 20.6. The molecule has 1 aliphatic heterocycles. The molecule has 0 aromatic carbocycles. The number of alkyl halides is 3. The van der Waals surface area contributed by atoms with E-state index < -0.39 is 17.6 Å². The summed E-state index contributed by atoms with van der Waals surface area (Å²) in [5.41, 5.74) is 2.40. The first-order valence-electron chi connectivity index (χ1n) is 9.80. The molecule has 7 nitrogen and oxygen atoms in total. The fraction of sp³-hybridized carbons (Fsp3) is 0.238. The second-order valence-electron chi connectivity index (χ2n) is 7.58. The molecule has 4 aromatic rings. The highest BCUT2D eigenvalue weighted by Crippen LogP contribution is 2.32. The van der Waals surface area contributed by atoms with E-state index in [1.807, 2.05) is 6.20 Å². The van der Waals surface area contributed by atoms with Gasteiger partial charge >= 0.3 is 6.18 Å². The van der Waals surface area contributed by atoms with Gasteiger partial charge in [0.05, 0.1) is 29.2 Å². The predicted octanol–water partition coefficient (Wildman–Crippen LogP) is 4.24. The van der Waals surface area contributed by atoms with Crippen LogP contribution in [0.5, 0.6) is 0 Å². The Morgan fingerprint density at radius 2 is 2.09 bits per heavy atom. The van der Waals surface area contributed by atoms with Gasteiger partial charge in [-0.2, -0.15) is 18.3 Å². The van der Waals surface area contributed by atoms with Crippen LogP contribution in [0, 0.1) is 0 Å². The normalized spacial score (nSPS) is 14.5. The number of aromatic amines is 1. The third-order valence-corrected chi connectivity index (χ3v) is 6.36. The molecular weight excluding hydrogens is 441 g/mol. The summed E-state index contributed by atoms with van der Waals surface area (Å²) in [7, 11) is 0. The highest BCUT2D eigenvalue weighted by atomic mass is 32.1. The number of pyridine rings is 2. The second-order valence-corrected chi connectivity index (χ2v) is 8.54. The summed E-state index contributed by atoms with van der Waals surface area (Å²) < 4.78 is 38.7. The molecule has 0 fully saturated rings. The van der Waals surface area contributed by atoms with Crippen LogP contribution >= 0.6 is 11.3 Å². The summed E-state index contributed by atoms with van der Waals surface area (Å²) in [6, 6.07) is 2.94. The van der Waals surface area contributed by atoms with Gasteiger partial charge in [-0.3, -0.25) is 19.8 Å². The number of H-pyrrole nitrogens is 1. The average Bonchev–Trinajstić information content (AvgIpc) is 3.39. The van der Waals surface area contributed by atoms with E-state index in [4.69, 9.17) is 0 Å². The highest BCUT2D eigenvalue weighted by molar-refractivity contribution is 7.10. The number of halogens is 3. The van der Waals surface area contributed by atoms with Gasteiger partial charge in [-0.05, 0) is 29.7 Å². The van der Waals surface area contributed by atoms with Gasteiger partial charge in [0.15, 0.2) is 5.65 Å². The first-order valence-corrected chi connectivity index (χ1v) is 10.7. The smallest absolute Gasteiger partial charge is 0.321 e. The maximum atomic E-state index is 12.9. The molecule has 0 unspecified atom stereocenters. The molecule has 0 radical (unpaired) electrons. The molecule has 0 atom stereocenters. The van der Waals surface area contributed by atoms with Crippen molar-refractivity contribution in [3.8, 4) is 0 Å². The van der Waals surface area contributed by atoms with Gasteiger partial charge in [-0.15, -0.1) is 11.3 Å². The molecular formula is C21H17F3N6OS. The quantitative estimate of drug-likeness (QED) is 0.478. The van der Waals surface area contributed by atoms with Crippen LogP contribution in [0.3, 0.4) is 0 Å². The summed E-state index contributed by atoms with van der Waals surface area (Å²) in [5, 5.41) is 12.1. The number of carbonyl (C=O) groups excluding carboxylic acids is 1. The Balaban J connectivity index is 1.28. The van der Waals surface area contributed by atoms with Gasteiger partial charge in [-0.1, -0.05) is 0 Å². The zero-order chi connectivity index (χ0) is 22.3. The lowest BCUT2D eigenvalue weighted by Gasteiger charge is -2.27. The van der Waals surface area contributed by atoms with Crippen molar-refractivity contribution in [2.45, 2.75) is 25.7 Å². The van der Waals surface area contributed by atoms with Gasteiger partial charge in [0, 0.05) is 47.7 Å². The number of hydrogen-bond donors (Lipinski definition) is 2. The Morgan fingerprint density at radius 3 is 2.94 bits per heavy atom. The third-order valence-electron chi connectivity index (χ3n) is 5.35. The van der Waals surface area contributed by atoms with Crippen LogP contribution in [0.25, 0.3) is 11.0 Å². The van der Waals surface area contributed by atoms with Crippen LogP contribution in [-0.4, -0.2) is 37.5 Å². The number of nitrogens with zero attached hydrogens (tertiary/aromatic N) is 4. The standard InChI is InChI=1S/C21H17F3N6OS/c22-21(23,24)14-4-15(8-25-7-14)28-20(31)17-11-32-18-10-30(2-1-16(17)18)9-12-3-13-6-27-29-19(13)26-5-12/h3-8,11H,1-2,9-10H2,(H,28,31)(H,26,27,29). The van der Waals surface area contributed by atoms with Gasteiger partial charge in [-0.25, -0.2) is 4.98 Å². The minimum absolute atomic E-state index is 0.0179. The van der Waals surface area contributed by atoms with Crippen molar-refractivity contribution in [1.82, 2.24) is 25.1 Å². The van der Waals surface area contributed by atoms with E-state index in [1.165, 1.54) is 17.5 Å². The van der Waals surface area contributed by atoms with E-state index in [-0.39, 0.29) is 5.69 Å². The molecule has 0 saturated heterocycles. The lowest BCUT2D eigenvalue weighted by Crippen LogP contribution is -2.30. The number of rotatable bonds is 4. The van der Waals surface area contributed by atoms with Gasteiger partial charge in [0.25, 0.3) is 5.91 Å². The fourth-order valence-corrected chi connectivity index (χ4v) is 4.92. The van der Waals surface area contributed by atoms with Crippen LogP contribution in [0.4, 0.5) is 18.9 Å². The SMILES string of the molecule is O=C(Nc1cncc(C(F)(F)F)c1)c1csc2c1CCN(Cc1cnc3[nH]ncc3c1)C2. The van der Waals surface area contributed by atoms with E-state index in [9.17, 15) is 18.0 Å². The molecule has 5 heterocycles. The molecule has 0 spiro atoms. The summed E-state index contributed by atoms with van der Waals surface area (Å²) in [5.74, 6) is -0.424. The largest absolute Gasteiger partial charge is 0.417 e. The monoisotopic (exact) mass is 458 g/mol. The molecule has 1 aliphatic rings. The molecule has 1 amide bonds. The molecule has 2 N–H and O–H groups in total. The molecule has 4 aromatic heterocycles. The van der Waals surface area contributed by atoms with Crippen molar-refractivity contribution in [3.05, 3.63) is 69.4 Å². The minimum atomic E-state index is -4.52. The van der Waals surface area contributed by atoms with Crippen molar-refractivity contribution in [3.63, 3.8) is 0 Å². The number of fused-ring (bicyclic) bond motifs is 2. The number of nitrogens with one attached hydrogen (secondary N) is 2. The van der Waals surface area contributed by atoms with Crippen LogP contribution in [0.1, 0.15) is 31.9 Å². The molecule has 0 bridgehead atoms. The summed E-state index contributed by atoms with van der Waals surface area (Å²) >= 11 is 1.49. The van der Waals surface area contributed by atoms with E-state index in [0.29, 0.717) is 18.5 Å². The number of hydrogen-bond acceptors (Lipinski definition) is 6. The number of anilines is 1. The molecule has 32 heavy (non-hydrogen) atoms. The Bertz CT molecular complexity index is 1300. The van der Waals surface area contributed by atoms with Gasteiger partial charge in [0.2, 0.25) is 0 Å². The van der Waals surface area contributed by atoms with Crippen molar-refractivity contribution in [1.29, 1.82) is 0 Å². The Labute approximate surface area is 184 Å². The van der Waals surface area contributed by atoms with Crippen LogP contribution < -0.4 is 5.32 Å². The van der Waals surface area contributed by atoms with E-state index in [0.717, 1.165) is 52.4 Å². The van der Waals surface area contributed by atoms with E-state index >= 15 is 0 Å². The van der Waals surface area contributed by atoms with Crippen molar-refractivity contribution in [2.24, 2.45) is 0 Å². The van der Waals surface area contributed by atoms with E-state index in [2.05, 4.69) is 36.4 Å². The summed E-state index contributed by atoms with van der Waals surface area (Å²) in [6.45, 7) is 2.18. The van der Waals surface area contributed by atoms with Crippen molar-refractivity contribution in [2.75, 3.05) is 11.9 Å². The molecule has 164 valence electrons. The minimum Gasteiger partial charge on any atom is -0.321 e. The van der Waals surface area contributed by atoms with Crippen LogP contribution in [0.15, 0.2) is 42.3 Å². The van der Waals surface area contributed by atoms with Gasteiger partial charge in [0.1, 0.15) is 0 Å². The zero-order valence-electron chi connectivity index (χ0n) is 16.6. The molecule has 0 saturated carbocycles. The molecule has 11 heteroatoms. The molecule has 5 rings (SSSR count). The summed E-state index contributed by atoms with van der Waals surface area (Å²) in [6.07, 6.45) is 1.67. The zero-order valence-corrected chi connectivity index (χ0v) is 17.4. The number of aromatic nitrogens is 4. The lowest BCUT2D eigenvalue weighted by atomic mass is 10.0. The summed E-state index contributed by atoms with van der Waals surface area (Å²) in [4.78, 5) is 24.1. The Morgan fingerprint density at radius 1 is 1.22 bits per heavy atom. The number of carbonyl (C=O) groups is 1. The maximum Gasteiger partial charge on any atom is 0.417 e. The average molecular weight is 458 g/mol. The van der Waals surface area contributed by atoms with Crippen molar-refractivity contribution >= 4 is 34.0 Å². The van der Waals surface area contributed by atoms with Gasteiger partial charge < -0.3 is 5.32 Å².